The summed E-state index contributed by atoms with van der Waals surface area (Å²) in [6.45, 7) is 0.377. The van der Waals surface area contributed by atoms with Crippen molar-refractivity contribution in [3.63, 3.8) is 0 Å². The zero-order chi connectivity index (χ0) is 21.1. The average molecular weight is 429 g/mol. The lowest BCUT2D eigenvalue weighted by atomic mass is 10.1. The van der Waals surface area contributed by atoms with Gasteiger partial charge in [0, 0.05) is 18.8 Å². The number of nitrogens with one attached hydrogen (secondary N) is 1. The van der Waals surface area contributed by atoms with E-state index in [4.69, 9.17) is 16.3 Å². The molecule has 0 amide bonds. The Morgan fingerprint density at radius 3 is 2.63 bits per heavy atom. The molecule has 9 heteroatoms. The third-order valence-corrected chi connectivity index (χ3v) is 4.55. The number of aromatic hydroxyl groups is 1. The molecule has 0 aliphatic heterocycles. The van der Waals surface area contributed by atoms with Crippen molar-refractivity contribution in [3.8, 4) is 17.2 Å². The van der Waals surface area contributed by atoms with Crippen LogP contribution in [0.5, 0.6) is 17.2 Å². The molecule has 2 aromatic carbocycles. The Balaban J connectivity index is 1.44. The van der Waals surface area contributed by atoms with E-state index in [2.05, 4.69) is 20.3 Å². The maximum atomic E-state index is 14.1. The van der Waals surface area contributed by atoms with Gasteiger partial charge < -0.3 is 15.2 Å². The highest BCUT2D eigenvalue weighted by Gasteiger charge is 2.13. The molecule has 30 heavy (non-hydrogen) atoms. The highest BCUT2D eigenvalue weighted by Crippen LogP contribution is 2.32. The minimum Gasteiger partial charge on any atom is -0.504 e. The Labute approximate surface area is 175 Å². The molecule has 0 aliphatic carbocycles. The molecule has 0 aliphatic rings. The van der Waals surface area contributed by atoms with Crippen molar-refractivity contribution >= 4 is 28.3 Å². The number of pyridine rings is 1. The number of phenols is 1. The van der Waals surface area contributed by atoms with Crippen molar-refractivity contribution in [1.29, 1.82) is 0 Å². The maximum Gasteiger partial charge on any atom is 0.169 e. The standard InChI is InChI=1S/C21H15ClF2N4O2/c22-18-10-13(6-8-25-18)30-17-4-1-12(9-16(17)29)5-7-26-21-19-14(23)2-3-15(24)20(19)27-11-28-21/h1-4,6,8-11,29H,5,7H2,(H,26,27,28). The fourth-order valence-corrected chi connectivity index (χ4v) is 3.10. The summed E-state index contributed by atoms with van der Waals surface area (Å²) in [5.74, 6) is -0.340. The van der Waals surface area contributed by atoms with Gasteiger partial charge in [-0.15, -0.1) is 0 Å². The number of hydrogen-bond acceptors (Lipinski definition) is 6. The Kier molecular flexibility index (Phi) is 5.58. The number of rotatable bonds is 6. The van der Waals surface area contributed by atoms with Gasteiger partial charge in [0.05, 0.1) is 5.39 Å². The number of nitrogens with zero attached hydrogens (tertiary/aromatic N) is 3. The van der Waals surface area contributed by atoms with Gasteiger partial charge in [0.15, 0.2) is 11.5 Å². The molecule has 2 heterocycles. The van der Waals surface area contributed by atoms with E-state index in [9.17, 15) is 13.9 Å². The molecule has 6 nitrogen and oxygen atoms in total. The second-order valence-electron chi connectivity index (χ2n) is 6.37. The van der Waals surface area contributed by atoms with Crippen LogP contribution in [0.15, 0.2) is 55.0 Å². The first-order valence-electron chi connectivity index (χ1n) is 8.95. The van der Waals surface area contributed by atoms with Crippen LogP contribution in [-0.2, 0) is 6.42 Å². The molecule has 4 rings (SSSR count). The monoisotopic (exact) mass is 428 g/mol. The largest absolute Gasteiger partial charge is 0.504 e. The third-order valence-electron chi connectivity index (χ3n) is 4.34. The molecular formula is C21H15ClF2N4O2. The summed E-state index contributed by atoms with van der Waals surface area (Å²) in [6, 6.07) is 10.2. The zero-order valence-electron chi connectivity index (χ0n) is 15.4. The van der Waals surface area contributed by atoms with Gasteiger partial charge >= 0.3 is 0 Å². The fraction of sp³-hybridized carbons (Fsp3) is 0.0952. The Morgan fingerprint density at radius 1 is 1.00 bits per heavy atom. The van der Waals surface area contributed by atoms with E-state index in [1.807, 2.05) is 0 Å². The van der Waals surface area contributed by atoms with Crippen LogP contribution in [0.3, 0.4) is 0 Å². The van der Waals surface area contributed by atoms with Crippen LogP contribution in [0.4, 0.5) is 14.6 Å². The number of hydrogen-bond donors (Lipinski definition) is 2. The minimum atomic E-state index is -0.618. The topological polar surface area (TPSA) is 80.2 Å². The van der Waals surface area contributed by atoms with E-state index in [0.717, 1.165) is 17.7 Å². The first-order chi connectivity index (χ1) is 14.5. The number of ether oxygens (including phenoxy) is 1. The van der Waals surface area contributed by atoms with Gasteiger partial charge in [0.1, 0.15) is 40.2 Å². The van der Waals surface area contributed by atoms with Crippen LogP contribution in [-0.4, -0.2) is 26.6 Å². The maximum absolute atomic E-state index is 14.1. The molecule has 0 atom stereocenters. The van der Waals surface area contributed by atoms with Gasteiger partial charge in [-0.1, -0.05) is 17.7 Å². The summed E-state index contributed by atoms with van der Waals surface area (Å²) in [6.07, 6.45) is 3.17. The lowest BCUT2D eigenvalue weighted by Gasteiger charge is -2.11. The fourth-order valence-electron chi connectivity index (χ4n) is 2.94. The van der Waals surface area contributed by atoms with Crippen LogP contribution in [0.1, 0.15) is 5.56 Å². The van der Waals surface area contributed by atoms with Gasteiger partial charge in [0.2, 0.25) is 0 Å². The van der Waals surface area contributed by atoms with Crippen molar-refractivity contribution < 1.29 is 18.6 Å². The molecule has 0 bridgehead atoms. The molecule has 2 N–H and O–H groups in total. The Morgan fingerprint density at radius 2 is 1.83 bits per heavy atom. The smallest absolute Gasteiger partial charge is 0.169 e. The van der Waals surface area contributed by atoms with E-state index >= 15 is 0 Å². The number of aromatic nitrogens is 3. The zero-order valence-corrected chi connectivity index (χ0v) is 16.2. The van der Waals surface area contributed by atoms with Crippen molar-refractivity contribution in [2.24, 2.45) is 0 Å². The second kappa shape index (κ2) is 8.46. The lowest BCUT2D eigenvalue weighted by Crippen LogP contribution is -2.08. The highest BCUT2D eigenvalue weighted by atomic mass is 35.5. The summed E-state index contributed by atoms with van der Waals surface area (Å²) >= 11 is 5.82. The molecule has 2 aromatic heterocycles. The molecule has 0 spiro atoms. The van der Waals surface area contributed by atoms with Crippen LogP contribution in [0, 0.1) is 11.6 Å². The second-order valence-corrected chi connectivity index (χ2v) is 6.76. The van der Waals surface area contributed by atoms with Gasteiger partial charge in [-0.3, -0.25) is 0 Å². The van der Waals surface area contributed by atoms with Crippen molar-refractivity contribution in [2.45, 2.75) is 6.42 Å². The molecule has 0 unspecified atom stereocenters. The Hall–Kier alpha value is -3.52. The molecule has 4 aromatic rings. The van der Waals surface area contributed by atoms with Crippen LogP contribution < -0.4 is 10.1 Å². The first-order valence-corrected chi connectivity index (χ1v) is 9.33. The first kappa shape index (κ1) is 19.8. The summed E-state index contributed by atoms with van der Waals surface area (Å²) in [7, 11) is 0. The number of anilines is 1. The van der Waals surface area contributed by atoms with Gasteiger partial charge in [-0.2, -0.15) is 0 Å². The summed E-state index contributed by atoms with van der Waals surface area (Å²) in [5.41, 5.74) is 0.730. The summed E-state index contributed by atoms with van der Waals surface area (Å²) in [4.78, 5) is 11.7. The van der Waals surface area contributed by atoms with Crippen molar-refractivity contribution in [1.82, 2.24) is 15.0 Å². The predicted molar refractivity (Wildman–Crippen MR) is 109 cm³/mol. The normalized spacial score (nSPS) is 10.9. The Bertz CT molecular complexity index is 1220. The van der Waals surface area contributed by atoms with E-state index in [-0.39, 0.29) is 33.4 Å². The van der Waals surface area contributed by atoms with Crippen LogP contribution in [0.25, 0.3) is 10.9 Å². The molecule has 0 fully saturated rings. The van der Waals surface area contributed by atoms with E-state index in [0.29, 0.717) is 18.7 Å². The summed E-state index contributed by atoms with van der Waals surface area (Å²) in [5, 5.41) is 13.5. The molecular weight excluding hydrogens is 414 g/mol. The van der Waals surface area contributed by atoms with Crippen molar-refractivity contribution in [2.75, 3.05) is 11.9 Å². The highest BCUT2D eigenvalue weighted by molar-refractivity contribution is 6.29. The van der Waals surface area contributed by atoms with Gasteiger partial charge in [-0.25, -0.2) is 23.7 Å². The lowest BCUT2D eigenvalue weighted by molar-refractivity contribution is 0.410. The molecule has 152 valence electrons. The van der Waals surface area contributed by atoms with Gasteiger partial charge in [0.25, 0.3) is 0 Å². The van der Waals surface area contributed by atoms with Crippen LogP contribution in [0.2, 0.25) is 5.15 Å². The van der Waals surface area contributed by atoms with Crippen LogP contribution >= 0.6 is 11.6 Å². The third kappa shape index (κ3) is 4.23. The van der Waals surface area contributed by atoms with E-state index in [1.165, 1.54) is 18.6 Å². The predicted octanol–water partition coefficient (Wildman–Crippen LogP) is 5.11. The molecule has 0 saturated heterocycles. The minimum absolute atomic E-state index is 0.0000989. The quantitative estimate of drug-likeness (QED) is 0.415. The van der Waals surface area contributed by atoms with Gasteiger partial charge in [-0.05, 0) is 42.3 Å². The summed E-state index contributed by atoms with van der Waals surface area (Å²) < 4.78 is 33.6. The number of fused-ring (bicyclic) bond motifs is 1. The number of benzene rings is 2. The SMILES string of the molecule is Oc1cc(CCNc2ncnc3c(F)ccc(F)c23)ccc1Oc1ccnc(Cl)c1. The van der Waals surface area contributed by atoms with E-state index in [1.54, 1.807) is 24.3 Å². The van der Waals surface area contributed by atoms with E-state index < -0.39 is 11.6 Å². The van der Waals surface area contributed by atoms with Crippen molar-refractivity contribution in [3.05, 3.63) is 77.3 Å². The average Bonchev–Trinajstić information content (AvgIpc) is 2.73. The number of phenolic OH excluding ortho intramolecular Hbond substituents is 1. The molecule has 0 radical (unpaired) electrons. The number of halogens is 3. The molecule has 0 saturated carbocycles.